The third-order valence-corrected chi connectivity index (χ3v) is 2.14. The molecule has 0 aromatic carbocycles. The van der Waals surface area contributed by atoms with Crippen molar-refractivity contribution >= 4 is 11.6 Å². The molecule has 1 aromatic heterocycles. The quantitative estimate of drug-likeness (QED) is 0.503. The SMILES string of the molecule is COC(C)(C)CNc1cccc(NN)n1. The number of nitrogen functional groups attached to an aromatic ring is 1. The van der Waals surface area contributed by atoms with Crippen LogP contribution in [-0.2, 0) is 4.74 Å². The third-order valence-electron chi connectivity index (χ3n) is 2.14. The minimum Gasteiger partial charge on any atom is -0.377 e. The molecule has 0 atom stereocenters. The summed E-state index contributed by atoms with van der Waals surface area (Å²) in [6.07, 6.45) is 0. The van der Waals surface area contributed by atoms with Gasteiger partial charge in [-0.3, -0.25) is 0 Å². The van der Waals surface area contributed by atoms with Crippen molar-refractivity contribution < 1.29 is 4.74 Å². The van der Waals surface area contributed by atoms with Gasteiger partial charge in [-0.1, -0.05) is 6.07 Å². The second-order valence-electron chi connectivity index (χ2n) is 3.87. The first-order valence-corrected chi connectivity index (χ1v) is 4.80. The van der Waals surface area contributed by atoms with Crippen LogP contribution in [0.25, 0.3) is 0 Å². The molecule has 0 saturated heterocycles. The average molecular weight is 210 g/mol. The number of anilines is 2. The van der Waals surface area contributed by atoms with Crippen LogP contribution in [0.4, 0.5) is 11.6 Å². The summed E-state index contributed by atoms with van der Waals surface area (Å²) in [4.78, 5) is 4.23. The van der Waals surface area contributed by atoms with Crippen molar-refractivity contribution in [3.05, 3.63) is 18.2 Å². The molecule has 4 N–H and O–H groups in total. The van der Waals surface area contributed by atoms with Crippen molar-refractivity contribution in [1.82, 2.24) is 4.98 Å². The monoisotopic (exact) mass is 210 g/mol. The van der Waals surface area contributed by atoms with Crippen molar-refractivity contribution in [3.8, 4) is 0 Å². The van der Waals surface area contributed by atoms with Crippen LogP contribution in [-0.4, -0.2) is 24.2 Å². The van der Waals surface area contributed by atoms with E-state index in [4.69, 9.17) is 10.6 Å². The molecule has 5 nitrogen and oxygen atoms in total. The topological polar surface area (TPSA) is 72.2 Å². The molecule has 1 heterocycles. The Kier molecular flexibility index (Phi) is 3.88. The predicted molar refractivity (Wildman–Crippen MR) is 61.6 cm³/mol. The lowest BCUT2D eigenvalue weighted by atomic mass is 10.1. The maximum atomic E-state index is 5.29. The van der Waals surface area contributed by atoms with Gasteiger partial charge in [0.05, 0.1) is 5.60 Å². The van der Waals surface area contributed by atoms with E-state index >= 15 is 0 Å². The summed E-state index contributed by atoms with van der Waals surface area (Å²) in [5.41, 5.74) is 2.28. The van der Waals surface area contributed by atoms with E-state index in [1.54, 1.807) is 13.2 Å². The van der Waals surface area contributed by atoms with Crippen molar-refractivity contribution in [2.45, 2.75) is 19.4 Å². The van der Waals surface area contributed by atoms with E-state index in [9.17, 15) is 0 Å². The molecular formula is C10H18N4O. The number of aromatic nitrogens is 1. The van der Waals surface area contributed by atoms with Crippen LogP contribution in [0.1, 0.15) is 13.8 Å². The van der Waals surface area contributed by atoms with Gasteiger partial charge in [0.2, 0.25) is 0 Å². The number of rotatable bonds is 5. The standard InChI is InChI=1S/C10H18N4O/c1-10(2,15-3)7-12-8-5-4-6-9(13-8)14-11/h4-6H,7,11H2,1-3H3,(H2,12,13,14). The molecule has 0 aliphatic carbocycles. The number of nitrogens with zero attached hydrogens (tertiary/aromatic N) is 1. The molecule has 1 rings (SSSR count). The summed E-state index contributed by atoms with van der Waals surface area (Å²) in [5, 5.41) is 3.18. The zero-order chi connectivity index (χ0) is 11.3. The highest BCUT2D eigenvalue weighted by Gasteiger charge is 2.15. The van der Waals surface area contributed by atoms with E-state index in [2.05, 4.69) is 15.7 Å². The molecule has 0 saturated carbocycles. The van der Waals surface area contributed by atoms with Crippen LogP contribution >= 0.6 is 0 Å². The van der Waals surface area contributed by atoms with Gasteiger partial charge in [-0.25, -0.2) is 10.8 Å². The lowest BCUT2D eigenvalue weighted by Crippen LogP contribution is -2.32. The predicted octanol–water partition coefficient (Wildman–Crippen LogP) is 1.20. The number of nitrogens with one attached hydrogen (secondary N) is 2. The second-order valence-corrected chi connectivity index (χ2v) is 3.87. The summed E-state index contributed by atoms with van der Waals surface area (Å²) >= 11 is 0. The normalized spacial score (nSPS) is 11.2. The third kappa shape index (κ3) is 3.73. The Balaban J connectivity index is 2.57. The van der Waals surface area contributed by atoms with Crippen LogP contribution < -0.4 is 16.6 Å². The van der Waals surface area contributed by atoms with Gasteiger partial charge in [-0.2, -0.15) is 0 Å². The maximum Gasteiger partial charge on any atom is 0.142 e. The molecule has 84 valence electrons. The number of methoxy groups -OCH3 is 1. The molecule has 0 bridgehead atoms. The summed E-state index contributed by atoms with van der Waals surface area (Å²) in [5.74, 6) is 6.67. The maximum absolute atomic E-state index is 5.29. The number of ether oxygens (including phenoxy) is 1. The van der Waals surface area contributed by atoms with Gasteiger partial charge < -0.3 is 15.5 Å². The summed E-state index contributed by atoms with van der Waals surface area (Å²) < 4.78 is 5.29. The van der Waals surface area contributed by atoms with Gasteiger partial charge in [0.15, 0.2) is 0 Å². The smallest absolute Gasteiger partial charge is 0.142 e. The van der Waals surface area contributed by atoms with Crippen LogP contribution in [0.3, 0.4) is 0 Å². The van der Waals surface area contributed by atoms with Crippen LogP contribution in [0, 0.1) is 0 Å². The molecule has 0 aliphatic rings. The Hall–Kier alpha value is -1.33. The van der Waals surface area contributed by atoms with Gasteiger partial charge in [0, 0.05) is 13.7 Å². The number of hydrazine groups is 1. The lowest BCUT2D eigenvalue weighted by Gasteiger charge is -2.23. The van der Waals surface area contributed by atoms with E-state index in [0.717, 1.165) is 5.82 Å². The van der Waals surface area contributed by atoms with Gasteiger partial charge in [-0.05, 0) is 26.0 Å². The molecule has 0 spiro atoms. The van der Waals surface area contributed by atoms with E-state index in [0.29, 0.717) is 12.4 Å². The Morgan fingerprint density at radius 3 is 2.67 bits per heavy atom. The number of hydrogen-bond donors (Lipinski definition) is 3. The Bertz CT molecular complexity index is 314. The molecule has 0 unspecified atom stereocenters. The van der Waals surface area contributed by atoms with Crippen molar-refractivity contribution in [2.75, 3.05) is 24.4 Å². The lowest BCUT2D eigenvalue weighted by molar-refractivity contribution is 0.0343. The first-order chi connectivity index (χ1) is 7.07. The summed E-state index contributed by atoms with van der Waals surface area (Å²) in [6.45, 7) is 4.70. The van der Waals surface area contributed by atoms with E-state index < -0.39 is 0 Å². The Morgan fingerprint density at radius 2 is 2.07 bits per heavy atom. The zero-order valence-corrected chi connectivity index (χ0v) is 9.37. The number of nitrogens with two attached hydrogens (primary N) is 1. The number of hydrogen-bond acceptors (Lipinski definition) is 5. The minimum atomic E-state index is -0.214. The van der Waals surface area contributed by atoms with E-state index in [-0.39, 0.29) is 5.60 Å². The van der Waals surface area contributed by atoms with Crippen molar-refractivity contribution in [1.29, 1.82) is 0 Å². The molecule has 0 radical (unpaired) electrons. The minimum absolute atomic E-state index is 0.214. The second kappa shape index (κ2) is 4.95. The van der Waals surface area contributed by atoms with Crippen molar-refractivity contribution in [2.24, 2.45) is 5.84 Å². The molecule has 0 fully saturated rings. The fraction of sp³-hybridized carbons (Fsp3) is 0.500. The zero-order valence-electron chi connectivity index (χ0n) is 9.37. The molecule has 1 aromatic rings. The molecule has 15 heavy (non-hydrogen) atoms. The highest BCUT2D eigenvalue weighted by atomic mass is 16.5. The van der Waals surface area contributed by atoms with Crippen LogP contribution in [0.2, 0.25) is 0 Å². The first-order valence-electron chi connectivity index (χ1n) is 4.80. The molecule has 0 amide bonds. The highest BCUT2D eigenvalue weighted by molar-refractivity contribution is 5.44. The largest absolute Gasteiger partial charge is 0.377 e. The van der Waals surface area contributed by atoms with Crippen LogP contribution in [0.5, 0.6) is 0 Å². The molecular weight excluding hydrogens is 192 g/mol. The Morgan fingerprint density at radius 1 is 1.40 bits per heavy atom. The van der Waals surface area contributed by atoms with Gasteiger partial charge in [-0.15, -0.1) is 0 Å². The number of pyridine rings is 1. The summed E-state index contributed by atoms with van der Waals surface area (Å²) in [7, 11) is 1.69. The van der Waals surface area contributed by atoms with Crippen molar-refractivity contribution in [3.63, 3.8) is 0 Å². The summed E-state index contributed by atoms with van der Waals surface area (Å²) in [6, 6.07) is 5.56. The fourth-order valence-corrected chi connectivity index (χ4v) is 0.989. The highest BCUT2D eigenvalue weighted by Crippen LogP contribution is 2.11. The molecule has 5 heteroatoms. The average Bonchev–Trinajstić information content (AvgIpc) is 2.27. The fourth-order valence-electron chi connectivity index (χ4n) is 0.989. The molecule has 0 aliphatic heterocycles. The van der Waals surface area contributed by atoms with Gasteiger partial charge in [0.25, 0.3) is 0 Å². The van der Waals surface area contributed by atoms with Crippen LogP contribution in [0.15, 0.2) is 18.2 Å². The van der Waals surface area contributed by atoms with E-state index in [1.807, 2.05) is 26.0 Å². The first kappa shape index (κ1) is 11.7. The Labute approximate surface area is 90.0 Å². The van der Waals surface area contributed by atoms with E-state index in [1.165, 1.54) is 0 Å². The van der Waals surface area contributed by atoms with Gasteiger partial charge in [0.1, 0.15) is 11.6 Å². The van der Waals surface area contributed by atoms with Gasteiger partial charge >= 0.3 is 0 Å².